The Morgan fingerprint density at radius 3 is 3.11 bits per heavy atom. The molecule has 1 aromatic heterocycles. The lowest BCUT2D eigenvalue weighted by Gasteiger charge is -2.23. The van der Waals surface area contributed by atoms with E-state index in [0.29, 0.717) is 5.56 Å². The molecule has 1 aliphatic heterocycles. The molecule has 18 heavy (non-hydrogen) atoms. The Bertz CT molecular complexity index is 433. The van der Waals surface area contributed by atoms with E-state index in [1.165, 1.54) is 6.42 Å². The van der Waals surface area contributed by atoms with Gasteiger partial charge in [-0.15, -0.1) is 0 Å². The summed E-state index contributed by atoms with van der Waals surface area (Å²) in [4.78, 5) is 6.63. The summed E-state index contributed by atoms with van der Waals surface area (Å²) in [6, 6.07) is 3.64. The predicted molar refractivity (Wildman–Crippen MR) is 72.0 cm³/mol. The quantitative estimate of drug-likeness (QED) is 0.362. The van der Waals surface area contributed by atoms with Gasteiger partial charge in [-0.2, -0.15) is 0 Å². The minimum Gasteiger partial charge on any atom is -0.409 e. The molecule has 98 valence electrons. The molecule has 0 amide bonds. The van der Waals surface area contributed by atoms with Gasteiger partial charge in [-0.25, -0.2) is 4.98 Å². The molecule has 0 radical (unpaired) electrons. The van der Waals surface area contributed by atoms with E-state index >= 15 is 0 Å². The molecule has 1 atom stereocenters. The number of nitrogens with zero attached hydrogens (tertiary/aromatic N) is 3. The van der Waals surface area contributed by atoms with Gasteiger partial charge in [0.25, 0.3) is 0 Å². The summed E-state index contributed by atoms with van der Waals surface area (Å²) in [6.45, 7) is 4.24. The number of pyridine rings is 1. The first-order valence-electron chi connectivity index (χ1n) is 6.40. The van der Waals surface area contributed by atoms with Crippen molar-refractivity contribution in [2.24, 2.45) is 16.8 Å². The van der Waals surface area contributed by atoms with Crippen LogP contribution in [0.5, 0.6) is 0 Å². The van der Waals surface area contributed by atoms with E-state index in [4.69, 9.17) is 10.9 Å². The van der Waals surface area contributed by atoms with Crippen LogP contribution in [0.2, 0.25) is 0 Å². The van der Waals surface area contributed by atoms with Crippen molar-refractivity contribution in [1.29, 1.82) is 0 Å². The Balaban J connectivity index is 2.27. The SMILES string of the molecule is CC1CCCN(c2ncccc2/C(N)=N/O)CC1. The third-order valence-electron chi connectivity index (χ3n) is 3.49. The van der Waals surface area contributed by atoms with E-state index in [-0.39, 0.29) is 5.84 Å². The Labute approximate surface area is 107 Å². The van der Waals surface area contributed by atoms with Gasteiger partial charge >= 0.3 is 0 Å². The van der Waals surface area contributed by atoms with Gasteiger partial charge in [0.1, 0.15) is 5.82 Å². The van der Waals surface area contributed by atoms with Crippen molar-refractivity contribution >= 4 is 11.7 Å². The highest BCUT2D eigenvalue weighted by molar-refractivity contribution is 6.01. The van der Waals surface area contributed by atoms with Crippen LogP contribution < -0.4 is 10.6 Å². The van der Waals surface area contributed by atoms with Crippen LogP contribution >= 0.6 is 0 Å². The molecule has 0 bridgehead atoms. The molecule has 0 spiro atoms. The minimum absolute atomic E-state index is 0.121. The maximum atomic E-state index is 8.83. The molecule has 2 rings (SSSR count). The second-order valence-corrected chi connectivity index (χ2v) is 4.88. The van der Waals surface area contributed by atoms with Gasteiger partial charge in [0, 0.05) is 19.3 Å². The third-order valence-corrected chi connectivity index (χ3v) is 3.49. The number of hydrogen-bond acceptors (Lipinski definition) is 4. The fourth-order valence-corrected chi connectivity index (χ4v) is 2.38. The summed E-state index contributed by atoms with van der Waals surface area (Å²) in [5, 5.41) is 11.9. The van der Waals surface area contributed by atoms with Crippen molar-refractivity contribution in [3.05, 3.63) is 23.9 Å². The Morgan fingerprint density at radius 1 is 1.50 bits per heavy atom. The van der Waals surface area contributed by atoms with Gasteiger partial charge in [0.05, 0.1) is 5.56 Å². The van der Waals surface area contributed by atoms with Gasteiger partial charge < -0.3 is 15.8 Å². The van der Waals surface area contributed by atoms with E-state index in [0.717, 1.165) is 37.7 Å². The number of rotatable bonds is 2. The minimum atomic E-state index is 0.121. The first-order valence-corrected chi connectivity index (χ1v) is 6.40. The first kappa shape index (κ1) is 12.7. The summed E-state index contributed by atoms with van der Waals surface area (Å²) in [7, 11) is 0. The topological polar surface area (TPSA) is 74.7 Å². The fourth-order valence-electron chi connectivity index (χ4n) is 2.38. The smallest absolute Gasteiger partial charge is 0.173 e. The van der Waals surface area contributed by atoms with Gasteiger partial charge in [-0.1, -0.05) is 12.1 Å². The zero-order valence-electron chi connectivity index (χ0n) is 10.7. The van der Waals surface area contributed by atoms with Crippen LogP contribution in [0.15, 0.2) is 23.5 Å². The molecule has 2 heterocycles. The maximum Gasteiger partial charge on any atom is 0.173 e. The average Bonchev–Trinajstić information content (AvgIpc) is 2.62. The molecule has 0 aliphatic carbocycles. The van der Waals surface area contributed by atoms with E-state index in [2.05, 4.69) is 22.0 Å². The number of aromatic nitrogens is 1. The van der Waals surface area contributed by atoms with Crippen LogP contribution in [0.1, 0.15) is 31.7 Å². The maximum absolute atomic E-state index is 8.83. The van der Waals surface area contributed by atoms with E-state index < -0.39 is 0 Å². The van der Waals surface area contributed by atoms with Crippen LogP contribution in [-0.4, -0.2) is 29.1 Å². The van der Waals surface area contributed by atoms with Gasteiger partial charge in [0.2, 0.25) is 0 Å². The van der Waals surface area contributed by atoms with Crippen LogP contribution in [-0.2, 0) is 0 Å². The first-order chi connectivity index (χ1) is 8.72. The molecule has 0 saturated carbocycles. The number of hydrogen-bond donors (Lipinski definition) is 2. The summed E-state index contributed by atoms with van der Waals surface area (Å²) >= 11 is 0. The summed E-state index contributed by atoms with van der Waals surface area (Å²) in [6.07, 6.45) is 5.32. The lowest BCUT2D eigenvalue weighted by Crippen LogP contribution is -2.28. The Kier molecular flexibility index (Phi) is 4.02. The molecule has 0 aromatic carbocycles. The molecular formula is C13H20N4O. The Hall–Kier alpha value is -1.78. The molecule has 1 saturated heterocycles. The molecule has 1 fully saturated rings. The fraction of sp³-hybridized carbons (Fsp3) is 0.538. The van der Waals surface area contributed by atoms with Crippen LogP contribution in [0.4, 0.5) is 5.82 Å². The number of oxime groups is 1. The van der Waals surface area contributed by atoms with Crippen molar-refractivity contribution in [3.8, 4) is 0 Å². The van der Waals surface area contributed by atoms with Gasteiger partial charge in [-0.05, 0) is 37.3 Å². The van der Waals surface area contributed by atoms with Crippen LogP contribution in [0.25, 0.3) is 0 Å². The molecular weight excluding hydrogens is 228 g/mol. The van der Waals surface area contributed by atoms with Crippen LogP contribution in [0.3, 0.4) is 0 Å². The molecule has 1 aromatic rings. The lowest BCUT2D eigenvalue weighted by atomic mass is 10.0. The lowest BCUT2D eigenvalue weighted by molar-refractivity contribution is 0.318. The zero-order valence-corrected chi connectivity index (χ0v) is 10.7. The van der Waals surface area contributed by atoms with Crippen LogP contribution in [0, 0.1) is 5.92 Å². The molecule has 1 unspecified atom stereocenters. The monoisotopic (exact) mass is 248 g/mol. The standard InChI is InChI=1S/C13H20N4O/c1-10-4-3-8-17(9-6-10)13-11(12(14)16-18)5-2-7-15-13/h2,5,7,10,18H,3-4,6,8-9H2,1H3,(H2,14,16). The van der Waals surface area contributed by atoms with E-state index in [1.54, 1.807) is 12.3 Å². The largest absolute Gasteiger partial charge is 0.409 e. The number of nitrogens with two attached hydrogens (primary N) is 1. The summed E-state index contributed by atoms with van der Waals surface area (Å²) in [5.74, 6) is 1.70. The van der Waals surface area contributed by atoms with Gasteiger partial charge in [0.15, 0.2) is 5.84 Å². The molecule has 1 aliphatic rings. The zero-order chi connectivity index (χ0) is 13.0. The van der Waals surface area contributed by atoms with E-state index in [1.807, 2.05) is 6.07 Å². The Morgan fingerprint density at radius 2 is 2.33 bits per heavy atom. The average molecular weight is 248 g/mol. The third kappa shape index (κ3) is 2.72. The van der Waals surface area contributed by atoms with Gasteiger partial charge in [-0.3, -0.25) is 0 Å². The highest BCUT2D eigenvalue weighted by atomic mass is 16.4. The normalized spacial score (nSPS) is 21.7. The van der Waals surface area contributed by atoms with Crippen molar-refractivity contribution in [3.63, 3.8) is 0 Å². The van der Waals surface area contributed by atoms with Crippen molar-refractivity contribution in [2.45, 2.75) is 26.2 Å². The number of anilines is 1. The highest BCUT2D eigenvalue weighted by Crippen LogP contribution is 2.23. The second kappa shape index (κ2) is 5.71. The molecule has 5 heteroatoms. The number of amidine groups is 1. The highest BCUT2D eigenvalue weighted by Gasteiger charge is 2.18. The van der Waals surface area contributed by atoms with Crippen molar-refractivity contribution < 1.29 is 5.21 Å². The van der Waals surface area contributed by atoms with Crippen molar-refractivity contribution in [2.75, 3.05) is 18.0 Å². The van der Waals surface area contributed by atoms with Crippen molar-refractivity contribution in [1.82, 2.24) is 4.98 Å². The summed E-state index contributed by atoms with van der Waals surface area (Å²) < 4.78 is 0. The molecule has 3 N–H and O–H groups in total. The second-order valence-electron chi connectivity index (χ2n) is 4.88. The molecule has 5 nitrogen and oxygen atoms in total. The predicted octanol–water partition coefficient (Wildman–Crippen LogP) is 1.80. The van der Waals surface area contributed by atoms with E-state index in [9.17, 15) is 0 Å². The summed E-state index contributed by atoms with van der Waals surface area (Å²) in [5.41, 5.74) is 6.40.